The SMILES string of the molecule is Cc1ccnc2c1CCC(c1ccc(Cl)s1)C2.Cl. The molecule has 0 spiro atoms. The van der Waals surface area contributed by atoms with Crippen LogP contribution in [-0.4, -0.2) is 4.98 Å². The van der Waals surface area contributed by atoms with Gasteiger partial charge in [0.25, 0.3) is 0 Å². The van der Waals surface area contributed by atoms with Gasteiger partial charge < -0.3 is 0 Å². The Hall–Kier alpha value is -0.570. The van der Waals surface area contributed by atoms with E-state index in [-0.39, 0.29) is 12.4 Å². The van der Waals surface area contributed by atoms with Gasteiger partial charge in [0.1, 0.15) is 0 Å². The first-order valence-corrected chi connectivity index (χ1v) is 7.12. The molecule has 0 aliphatic heterocycles. The Morgan fingerprint density at radius 3 is 2.89 bits per heavy atom. The van der Waals surface area contributed by atoms with E-state index in [0.717, 1.165) is 17.2 Å². The van der Waals surface area contributed by atoms with Crippen LogP contribution in [0.5, 0.6) is 0 Å². The van der Waals surface area contributed by atoms with Crippen molar-refractivity contribution < 1.29 is 0 Å². The van der Waals surface area contributed by atoms with Crippen molar-refractivity contribution in [3.63, 3.8) is 0 Å². The summed E-state index contributed by atoms with van der Waals surface area (Å²) in [6.07, 6.45) is 5.36. The van der Waals surface area contributed by atoms with Gasteiger partial charge in [0.05, 0.1) is 4.34 Å². The van der Waals surface area contributed by atoms with E-state index in [9.17, 15) is 0 Å². The first-order chi connectivity index (χ1) is 8.24. The highest BCUT2D eigenvalue weighted by Crippen LogP contribution is 2.37. The van der Waals surface area contributed by atoms with E-state index >= 15 is 0 Å². The molecule has 0 radical (unpaired) electrons. The van der Waals surface area contributed by atoms with Gasteiger partial charge in [0.15, 0.2) is 0 Å². The van der Waals surface area contributed by atoms with Crippen molar-refractivity contribution in [2.45, 2.75) is 32.1 Å². The second-order valence-electron chi connectivity index (χ2n) is 4.63. The molecule has 18 heavy (non-hydrogen) atoms. The van der Waals surface area contributed by atoms with Crippen LogP contribution in [0.4, 0.5) is 0 Å². The zero-order valence-electron chi connectivity index (χ0n) is 10.1. The number of halogens is 2. The molecule has 0 saturated heterocycles. The van der Waals surface area contributed by atoms with Crippen molar-refractivity contribution in [1.82, 2.24) is 4.98 Å². The van der Waals surface area contributed by atoms with Crippen LogP contribution in [-0.2, 0) is 12.8 Å². The highest BCUT2D eigenvalue weighted by atomic mass is 35.5. The van der Waals surface area contributed by atoms with E-state index in [1.54, 1.807) is 11.3 Å². The molecule has 0 aromatic carbocycles. The molecule has 1 atom stereocenters. The van der Waals surface area contributed by atoms with Crippen LogP contribution in [0.25, 0.3) is 0 Å². The van der Waals surface area contributed by atoms with Gasteiger partial charge in [-0.1, -0.05) is 11.6 Å². The van der Waals surface area contributed by atoms with E-state index in [2.05, 4.69) is 24.0 Å². The van der Waals surface area contributed by atoms with E-state index in [4.69, 9.17) is 11.6 Å². The molecule has 2 aromatic rings. The topological polar surface area (TPSA) is 12.9 Å². The Kier molecular flexibility index (Phi) is 4.31. The summed E-state index contributed by atoms with van der Waals surface area (Å²) in [5.41, 5.74) is 4.13. The number of rotatable bonds is 1. The van der Waals surface area contributed by atoms with Gasteiger partial charge >= 0.3 is 0 Å². The molecule has 2 aromatic heterocycles. The fourth-order valence-electron chi connectivity index (χ4n) is 2.61. The van der Waals surface area contributed by atoms with Crippen LogP contribution < -0.4 is 0 Å². The van der Waals surface area contributed by atoms with Crippen LogP contribution in [0, 0.1) is 6.92 Å². The molecule has 0 fully saturated rings. The smallest absolute Gasteiger partial charge is 0.0931 e. The number of pyridine rings is 1. The lowest BCUT2D eigenvalue weighted by molar-refractivity contribution is 0.578. The minimum atomic E-state index is 0. The van der Waals surface area contributed by atoms with Crippen LogP contribution in [0.2, 0.25) is 4.34 Å². The van der Waals surface area contributed by atoms with Crippen LogP contribution in [0.3, 0.4) is 0 Å². The summed E-state index contributed by atoms with van der Waals surface area (Å²) < 4.78 is 0.892. The molecule has 1 aliphatic rings. The Labute approximate surface area is 123 Å². The third kappa shape index (κ3) is 2.56. The monoisotopic (exact) mass is 299 g/mol. The number of hydrogen-bond donors (Lipinski definition) is 0. The maximum atomic E-state index is 6.01. The van der Waals surface area contributed by atoms with Gasteiger partial charge in [-0.05, 0) is 61.4 Å². The normalized spacial score (nSPS) is 18.0. The lowest BCUT2D eigenvalue weighted by Gasteiger charge is -2.24. The summed E-state index contributed by atoms with van der Waals surface area (Å²) in [4.78, 5) is 5.94. The minimum absolute atomic E-state index is 0. The maximum Gasteiger partial charge on any atom is 0.0931 e. The lowest BCUT2D eigenvalue weighted by Crippen LogP contribution is -2.14. The molecule has 2 heterocycles. The Morgan fingerprint density at radius 2 is 2.17 bits per heavy atom. The number of aromatic nitrogens is 1. The van der Waals surface area contributed by atoms with Gasteiger partial charge in [-0.15, -0.1) is 23.7 Å². The van der Waals surface area contributed by atoms with Gasteiger partial charge in [-0.3, -0.25) is 4.98 Å². The second-order valence-corrected chi connectivity index (χ2v) is 6.38. The number of nitrogens with zero attached hydrogens (tertiary/aromatic N) is 1. The van der Waals surface area contributed by atoms with Gasteiger partial charge in [-0.2, -0.15) is 0 Å². The molecule has 1 nitrogen and oxygen atoms in total. The standard InChI is InChI=1S/C14H14ClNS.ClH/c1-9-6-7-16-12-8-10(2-3-11(9)12)13-4-5-14(15)17-13;/h4-7,10H,2-3,8H2,1H3;1H. The van der Waals surface area contributed by atoms with Crippen LogP contribution in [0.15, 0.2) is 24.4 Å². The maximum absolute atomic E-state index is 6.01. The number of hydrogen-bond acceptors (Lipinski definition) is 2. The number of fused-ring (bicyclic) bond motifs is 1. The molecule has 1 aliphatic carbocycles. The Bertz CT molecular complexity index is 550. The zero-order chi connectivity index (χ0) is 11.8. The highest BCUT2D eigenvalue weighted by molar-refractivity contribution is 7.16. The minimum Gasteiger partial charge on any atom is -0.261 e. The zero-order valence-corrected chi connectivity index (χ0v) is 12.5. The Balaban J connectivity index is 0.00000120. The predicted octanol–water partition coefficient (Wildman–Crippen LogP) is 4.80. The summed E-state index contributed by atoms with van der Waals surface area (Å²) in [6, 6.07) is 6.28. The molecular weight excluding hydrogens is 285 g/mol. The molecule has 0 saturated carbocycles. The van der Waals surface area contributed by atoms with Crippen molar-refractivity contribution in [3.05, 3.63) is 50.4 Å². The van der Waals surface area contributed by atoms with E-state index < -0.39 is 0 Å². The molecule has 0 amide bonds. The van der Waals surface area contributed by atoms with Crippen molar-refractivity contribution in [1.29, 1.82) is 0 Å². The predicted molar refractivity (Wildman–Crippen MR) is 80.3 cm³/mol. The van der Waals surface area contributed by atoms with Crippen molar-refractivity contribution in [2.24, 2.45) is 0 Å². The van der Waals surface area contributed by atoms with Gasteiger partial charge in [0.2, 0.25) is 0 Å². The fourth-order valence-corrected chi connectivity index (χ4v) is 3.80. The first-order valence-electron chi connectivity index (χ1n) is 5.92. The molecule has 3 rings (SSSR count). The number of aryl methyl sites for hydroxylation is 1. The summed E-state index contributed by atoms with van der Waals surface area (Å²) in [5, 5.41) is 0. The van der Waals surface area contributed by atoms with Crippen LogP contribution >= 0.6 is 35.3 Å². The number of thiophene rings is 1. The molecule has 1 unspecified atom stereocenters. The lowest BCUT2D eigenvalue weighted by atomic mass is 9.84. The van der Waals surface area contributed by atoms with E-state index in [1.807, 2.05) is 12.3 Å². The summed E-state index contributed by atoms with van der Waals surface area (Å²) in [6.45, 7) is 2.18. The third-order valence-corrected chi connectivity index (χ3v) is 4.95. The summed E-state index contributed by atoms with van der Waals surface area (Å²) in [7, 11) is 0. The molecular formula is C14H15Cl2NS. The third-order valence-electron chi connectivity index (χ3n) is 3.56. The van der Waals surface area contributed by atoms with Crippen LogP contribution in [0.1, 0.15) is 34.0 Å². The van der Waals surface area contributed by atoms with Crippen molar-refractivity contribution in [2.75, 3.05) is 0 Å². The molecule has 96 valence electrons. The first kappa shape index (κ1) is 13.9. The average Bonchev–Trinajstić information content (AvgIpc) is 2.76. The van der Waals surface area contributed by atoms with Crippen molar-refractivity contribution >= 4 is 35.3 Å². The molecule has 0 bridgehead atoms. The summed E-state index contributed by atoms with van der Waals surface area (Å²) in [5.74, 6) is 0.606. The van der Waals surface area contributed by atoms with Gasteiger partial charge in [-0.25, -0.2) is 0 Å². The highest BCUT2D eigenvalue weighted by Gasteiger charge is 2.23. The fraction of sp³-hybridized carbons (Fsp3) is 0.357. The Morgan fingerprint density at radius 1 is 1.33 bits per heavy atom. The average molecular weight is 300 g/mol. The summed E-state index contributed by atoms with van der Waals surface area (Å²) >= 11 is 7.72. The van der Waals surface area contributed by atoms with Gasteiger partial charge in [0, 0.05) is 16.8 Å². The molecule has 4 heteroatoms. The second kappa shape index (κ2) is 5.60. The van der Waals surface area contributed by atoms with E-state index in [1.165, 1.54) is 28.1 Å². The quantitative estimate of drug-likeness (QED) is 0.737. The van der Waals surface area contributed by atoms with Crippen molar-refractivity contribution in [3.8, 4) is 0 Å². The largest absolute Gasteiger partial charge is 0.261 e. The van der Waals surface area contributed by atoms with E-state index in [0.29, 0.717) is 5.92 Å². The molecule has 0 N–H and O–H groups in total.